The normalized spacial score (nSPS) is 10.3. The van der Waals surface area contributed by atoms with Gasteiger partial charge in [-0.25, -0.2) is 4.98 Å². The Bertz CT molecular complexity index is 865. The van der Waals surface area contributed by atoms with Crippen LogP contribution in [-0.4, -0.2) is 24.6 Å². The number of benzene rings is 2. The number of nitrogens with zero attached hydrogens (tertiary/aromatic N) is 1. The summed E-state index contributed by atoms with van der Waals surface area (Å²) in [5.41, 5.74) is 1.81. The number of hydrogen-bond donors (Lipinski definition) is 1. The Hall–Kier alpha value is -2.38. The van der Waals surface area contributed by atoms with Gasteiger partial charge in [0, 0.05) is 15.4 Å². The average Bonchev–Trinajstić information content (AvgIpc) is 3.09. The van der Waals surface area contributed by atoms with Gasteiger partial charge in [-0.1, -0.05) is 40.2 Å². The lowest BCUT2D eigenvalue weighted by atomic mass is 10.2. The summed E-state index contributed by atoms with van der Waals surface area (Å²) < 4.78 is 11.7. The molecule has 2 aromatic carbocycles. The van der Waals surface area contributed by atoms with E-state index in [1.54, 1.807) is 19.2 Å². The fraction of sp³-hybridized carbons (Fsp3) is 0.111. The number of halogens is 1. The lowest BCUT2D eigenvalue weighted by Gasteiger charge is -2.09. The van der Waals surface area contributed by atoms with Crippen molar-refractivity contribution in [2.24, 2.45) is 0 Å². The molecular formula is C18H15BrN2O3S. The molecule has 0 saturated heterocycles. The van der Waals surface area contributed by atoms with Crippen LogP contribution in [0.3, 0.4) is 0 Å². The number of thiazole rings is 1. The van der Waals surface area contributed by atoms with Crippen LogP contribution in [0.1, 0.15) is 0 Å². The van der Waals surface area contributed by atoms with Crippen LogP contribution in [0.25, 0.3) is 11.3 Å². The first kappa shape index (κ1) is 17.4. The summed E-state index contributed by atoms with van der Waals surface area (Å²) in [6.07, 6.45) is 0. The van der Waals surface area contributed by atoms with Gasteiger partial charge in [0.2, 0.25) is 0 Å². The highest BCUT2D eigenvalue weighted by Gasteiger charge is 2.10. The van der Waals surface area contributed by atoms with Gasteiger partial charge in [0.05, 0.1) is 12.8 Å². The number of nitrogens with one attached hydrogen (secondary N) is 1. The first-order valence-corrected chi connectivity index (χ1v) is 9.10. The molecule has 1 heterocycles. The molecule has 0 spiro atoms. The summed E-state index contributed by atoms with van der Waals surface area (Å²) in [4.78, 5) is 16.5. The predicted octanol–water partition coefficient (Wildman–Crippen LogP) is 4.60. The molecular weight excluding hydrogens is 404 g/mol. The molecule has 0 bridgehead atoms. The molecule has 0 fully saturated rings. The van der Waals surface area contributed by atoms with Gasteiger partial charge in [0.15, 0.2) is 23.2 Å². The fourth-order valence-electron chi connectivity index (χ4n) is 2.12. The molecule has 3 rings (SSSR count). The van der Waals surface area contributed by atoms with E-state index in [9.17, 15) is 4.79 Å². The third kappa shape index (κ3) is 4.58. The average molecular weight is 419 g/mol. The lowest BCUT2D eigenvalue weighted by Crippen LogP contribution is -2.20. The van der Waals surface area contributed by atoms with Crippen molar-refractivity contribution < 1.29 is 14.3 Å². The molecule has 128 valence electrons. The number of anilines is 1. The van der Waals surface area contributed by atoms with E-state index in [-0.39, 0.29) is 12.5 Å². The van der Waals surface area contributed by atoms with Crippen LogP contribution in [0.2, 0.25) is 0 Å². The summed E-state index contributed by atoms with van der Waals surface area (Å²) in [7, 11) is 1.56. The zero-order valence-electron chi connectivity index (χ0n) is 13.4. The number of carbonyl (C=O) groups excluding carboxylic acids is 1. The Morgan fingerprint density at radius 3 is 2.60 bits per heavy atom. The van der Waals surface area contributed by atoms with Crippen molar-refractivity contribution in [3.8, 4) is 22.8 Å². The zero-order valence-corrected chi connectivity index (χ0v) is 15.8. The highest BCUT2D eigenvalue weighted by molar-refractivity contribution is 9.10. The smallest absolute Gasteiger partial charge is 0.264 e. The van der Waals surface area contributed by atoms with Crippen molar-refractivity contribution in [1.29, 1.82) is 0 Å². The number of hydrogen-bond acceptors (Lipinski definition) is 5. The summed E-state index contributed by atoms with van der Waals surface area (Å²) in [5.74, 6) is 0.833. The van der Waals surface area contributed by atoms with Crippen molar-refractivity contribution in [3.63, 3.8) is 0 Å². The highest BCUT2D eigenvalue weighted by Crippen LogP contribution is 2.27. The third-order valence-electron chi connectivity index (χ3n) is 3.32. The summed E-state index contributed by atoms with van der Waals surface area (Å²) in [6.45, 7) is -0.117. The van der Waals surface area contributed by atoms with Crippen LogP contribution in [0.15, 0.2) is 58.4 Å². The van der Waals surface area contributed by atoms with E-state index in [1.807, 2.05) is 41.8 Å². The second-order valence-electron chi connectivity index (χ2n) is 5.03. The lowest BCUT2D eigenvalue weighted by molar-refractivity contribution is -0.118. The monoisotopic (exact) mass is 418 g/mol. The van der Waals surface area contributed by atoms with Gasteiger partial charge in [-0.15, -0.1) is 11.3 Å². The minimum atomic E-state index is -0.275. The van der Waals surface area contributed by atoms with E-state index in [0.717, 1.165) is 15.7 Å². The Labute approximate surface area is 157 Å². The first-order valence-electron chi connectivity index (χ1n) is 7.43. The molecule has 5 nitrogen and oxygen atoms in total. The summed E-state index contributed by atoms with van der Waals surface area (Å²) >= 11 is 4.78. The highest BCUT2D eigenvalue weighted by atomic mass is 79.9. The van der Waals surface area contributed by atoms with Crippen LogP contribution in [0.4, 0.5) is 5.13 Å². The Kier molecular flexibility index (Phi) is 5.67. The largest absolute Gasteiger partial charge is 0.493 e. The minimum Gasteiger partial charge on any atom is -0.493 e. The van der Waals surface area contributed by atoms with Crippen molar-refractivity contribution in [2.75, 3.05) is 19.0 Å². The predicted molar refractivity (Wildman–Crippen MR) is 102 cm³/mol. The summed E-state index contributed by atoms with van der Waals surface area (Å²) in [5, 5.41) is 5.18. The Morgan fingerprint density at radius 1 is 1.16 bits per heavy atom. The van der Waals surface area contributed by atoms with E-state index in [0.29, 0.717) is 16.6 Å². The van der Waals surface area contributed by atoms with Gasteiger partial charge in [0.25, 0.3) is 5.91 Å². The van der Waals surface area contributed by atoms with Crippen LogP contribution in [0.5, 0.6) is 11.5 Å². The molecule has 0 aliphatic rings. The molecule has 0 radical (unpaired) electrons. The number of amides is 1. The molecule has 1 amide bonds. The molecule has 1 N–H and O–H groups in total. The van der Waals surface area contributed by atoms with Gasteiger partial charge in [0.1, 0.15) is 0 Å². The quantitative estimate of drug-likeness (QED) is 0.635. The van der Waals surface area contributed by atoms with Crippen LogP contribution < -0.4 is 14.8 Å². The van der Waals surface area contributed by atoms with Gasteiger partial charge in [-0.05, 0) is 24.3 Å². The Balaban J connectivity index is 1.59. The van der Waals surface area contributed by atoms with E-state index in [2.05, 4.69) is 26.2 Å². The fourth-order valence-corrected chi connectivity index (χ4v) is 3.12. The van der Waals surface area contributed by atoms with Crippen LogP contribution >= 0.6 is 27.3 Å². The topological polar surface area (TPSA) is 60.5 Å². The van der Waals surface area contributed by atoms with Crippen molar-refractivity contribution >= 4 is 38.3 Å². The molecule has 0 aliphatic carbocycles. The second kappa shape index (κ2) is 8.13. The molecule has 25 heavy (non-hydrogen) atoms. The minimum absolute atomic E-state index is 0.117. The zero-order chi connectivity index (χ0) is 17.6. The SMILES string of the molecule is COc1ccccc1OCC(=O)Nc1nc(-c2ccc(Br)cc2)cs1. The standard InChI is InChI=1S/C18H15BrN2O3S/c1-23-15-4-2-3-5-16(15)24-10-17(22)21-18-20-14(11-25-18)12-6-8-13(19)9-7-12/h2-9,11H,10H2,1H3,(H,20,21,22). The van der Waals surface area contributed by atoms with Crippen molar-refractivity contribution in [1.82, 2.24) is 4.98 Å². The van der Waals surface area contributed by atoms with Crippen molar-refractivity contribution in [2.45, 2.75) is 0 Å². The molecule has 3 aromatic rings. The number of ether oxygens (including phenoxy) is 2. The first-order chi connectivity index (χ1) is 12.2. The second-order valence-corrected chi connectivity index (χ2v) is 6.81. The van der Waals surface area contributed by atoms with E-state index in [4.69, 9.17) is 9.47 Å². The molecule has 1 aromatic heterocycles. The third-order valence-corrected chi connectivity index (χ3v) is 4.60. The van der Waals surface area contributed by atoms with Crippen molar-refractivity contribution in [3.05, 3.63) is 58.4 Å². The van der Waals surface area contributed by atoms with Crippen LogP contribution in [0, 0.1) is 0 Å². The molecule has 0 aliphatic heterocycles. The number of carbonyl (C=O) groups is 1. The number of methoxy groups -OCH3 is 1. The Morgan fingerprint density at radius 2 is 1.88 bits per heavy atom. The molecule has 0 saturated carbocycles. The van der Waals surface area contributed by atoms with E-state index in [1.165, 1.54) is 11.3 Å². The maximum atomic E-state index is 12.1. The maximum Gasteiger partial charge on any atom is 0.264 e. The number of aromatic nitrogens is 1. The van der Waals surface area contributed by atoms with E-state index < -0.39 is 0 Å². The van der Waals surface area contributed by atoms with Gasteiger partial charge in [-0.3, -0.25) is 10.1 Å². The van der Waals surface area contributed by atoms with Gasteiger partial charge < -0.3 is 9.47 Å². The number of rotatable bonds is 6. The maximum absolute atomic E-state index is 12.1. The molecule has 7 heteroatoms. The molecule has 0 unspecified atom stereocenters. The van der Waals surface area contributed by atoms with E-state index >= 15 is 0 Å². The number of para-hydroxylation sites is 2. The molecule has 0 atom stereocenters. The van der Waals surface area contributed by atoms with Crippen LogP contribution in [-0.2, 0) is 4.79 Å². The van der Waals surface area contributed by atoms with Gasteiger partial charge in [-0.2, -0.15) is 0 Å². The summed E-state index contributed by atoms with van der Waals surface area (Å²) in [6, 6.07) is 15.0. The van der Waals surface area contributed by atoms with Gasteiger partial charge >= 0.3 is 0 Å².